The van der Waals surface area contributed by atoms with Gasteiger partial charge < -0.3 is 20.7 Å². The predicted molar refractivity (Wildman–Crippen MR) is 96.9 cm³/mol. The van der Waals surface area contributed by atoms with E-state index in [1.807, 2.05) is 0 Å². The van der Waals surface area contributed by atoms with E-state index in [4.69, 9.17) is 32.3 Å². The lowest BCUT2D eigenvalue weighted by atomic mass is 10.1. The number of hydrogen-bond donors (Lipinski definition) is 3. The molecule has 4 N–H and O–H groups in total. The summed E-state index contributed by atoms with van der Waals surface area (Å²) in [5, 5.41) is 16.2. The summed E-state index contributed by atoms with van der Waals surface area (Å²) in [6, 6.07) is 0. The van der Waals surface area contributed by atoms with Gasteiger partial charge >= 0.3 is 11.9 Å². The van der Waals surface area contributed by atoms with Crippen LogP contribution in [0.4, 0.5) is 5.13 Å². The number of methoxy groups -OCH3 is 1. The normalized spacial score (nSPS) is 14.7. The molecule has 0 spiro atoms. The van der Waals surface area contributed by atoms with Crippen molar-refractivity contribution in [2.24, 2.45) is 0 Å². The Hall–Kier alpha value is -1.94. The van der Waals surface area contributed by atoms with Crippen molar-refractivity contribution in [3.63, 3.8) is 0 Å². The highest BCUT2D eigenvalue weighted by Gasteiger charge is 2.18. The van der Waals surface area contributed by atoms with Crippen molar-refractivity contribution in [3.8, 4) is 0 Å². The number of carboxylic acids is 2. The maximum absolute atomic E-state index is 9.55. The number of rotatable bonds is 6. The Balaban J connectivity index is 0.000000333. The van der Waals surface area contributed by atoms with Gasteiger partial charge in [0, 0.05) is 38.9 Å². The van der Waals surface area contributed by atoms with E-state index in [0.717, 1.165) is 38.4 Å². The number of ether oxygens (including phenoxy) is 1. The summed E-state index contributed by atoms with van der Waals surface area (Å²) >= 11 is 7.45. The first-order valence-electron chi connectivity index (χ1n) is 7.30. The van der Waals surface area contributed by atoms with E-state index in [1.54, 1.807) is 7.11 Å². The van der Waals surface area contributed by atoms with Crippen LogP contribution in [0.25, 0.3) is 5.57 Å². The molecule has 0 atom stereocenters. The highest BCUT2D eigenvalue weighted by Crippen LogP contribution is 2.32. The predicted octanol–water partition coefficient (Wildman–Crippen LogP) is 1.83. The van der Waals surface area contributed by atoms with Crippen LogP contribution in [0.3, 0.4) is 0 Å². The van der Waals surface area contributed by atoms with Crippen LogP contribution in [-0.2, 0) is 14.3 Å². The lowest BCUT2D eigenvalue weighted by Crippen LogP contribution is -2.32. The number of nitrogen functional groups attached to an aromatic ring is 1. The van der Waals surface area contributed by atoms with Gasteiger partial charge in [-0.1, -0.05) is 29.0 Å². The summed E-state index contributed by atoms with van der Waals surface area (Å²) < 4.78 is 5.78. The Morgan fingerprint density at radius 1 is 1.44 bits per heavy atom. The van der Waals surface area contributed by atoms with Crippen LogP contribution in [0.5, 0.6) is 0 Å². The second kappa shape index (κ2) is 10.8. The average Bonchev–Trinajstić information content (AvgIpc) is 2.90. The third kappa shape index (κ3) is 8.12. The molecule has 8 nitrogen and oxygen atoms in total. The molecule has 0 saturated heterocycles. The number of carboxylic acid groups (broad SMARTS) is 2. The molecule has 0 aromatic carbocycles. The van der Waals surface area contributed by atoms with Crippen molar-refractivity contribution in [2.75, 3.05) is 39.1 Å². The van der Waals surface area contributed by atoms with E-state index in [9.17, 15) is 9.59 Å². The number of thiazole rings is 1. The van der Waals surface area contributed by atoms with Crippen LogP contribution < -0.4 is 5.73 Å². The number of nitrogens with two attached hydrogens (primary N) is 1. The van der Waals surface area contributed by atoms with Crippen molar-refractivity contribution < 1.29 is 24.5 Å². The molecule has 0 saturated carbocycles. The maximum Gasteiger partial charge on any atom is 0.328 e. The van der Waals surface area contributed by atoms with Crippen LogP contribution in [0.1, 0.15) is 12.1 Å². The lowest BCUT2D eigenvalue weighted by molar-refractivity contribution is -0.134. The van der Waals surface area contributed by atoms with Crippen LogP contribution in [0.15, 0.2) is 18.2 Å². The summed E-state index contributed by atoms with van der Waals surface area (Å²) in [4.78, 5) is 25.7. The molecular weight excluding hydrogens is 370 g/mol. The standard InChI is InChI=1S/C11H16ClN3OS.C4H4O4/c1-16-6-5-15-4-2-3-8(7-15)9-10(12)17-11(13)14-9;5-3(6)1-2-4(7)8/h3H,2,4-7H2,1H3,(H2,13,14);1-2H,(H,5,6)(H,7,8). The summed E-state index contributed by atoms with van der Waals surface area (Å²) in [5.74, 6) is -2.51. The Morgan fingerprint density at radius 3 is 2.56 bits per heavy atom. The molecule has 1 aromatic rings. The number of anilines is 1. The van der Waals surface area contributed by atoms with Crippen molar-refractivity contribution in [2.45, 2.75) is 6.42 Å². The molecule has 0 amide bonds. The second-order valence-electron chi connectivity index (χ2n) is 4.97. The van der Waals surface area contributed by atoms with Crippen molar-refractivity contribution >= 4 is 45.6 Å². The molecule has 138 valence electrons. The molecule has 1 aromatic heterocycles. The van der Waals surface area contributed by atoms with Gasteiger partial charge in [0.05, 0.1) is 12.3 Å². The van der Waals surface area contributed by atoms with Crippen LogP contribution in [-0.4, -0.2) is 65.4 Å². The molecule has 0 radical (unpaired) electrons. The number of hydrogen-bond acceptors (Lipinski definition) is 7. The zero-order valence-corrected chi connectivity index (χ0v) is 15.2. The van der Waals surface area contributed by atoms with Gasteiger partial charge in [0.2, 0.25) is 0 Å². The minimum absolute atomic E-state index is 0.528. The molecule has 0 bridgehead atoms. The smallest absolute Gasteiger partial charge is 0.328 e. The Kier molecular flexibility index (Phi) is 9.14. The lowest BCUT2D eigenvalue weighted by Gasteiger charge is -2.26. The van der Waals surface area contributed by atoms with E-state index < -0.39 is 11.9 Å². The molecule has 2 heterocycles. The van der Waals surface area contributed by atoms with E-state index in [0.29, 0.717) is 21.6 Å². The minimum atomic E-state index is -1.26. The molecular formula is C15H20ClN3O5S. The van der Waals surface area contributed by atoms with Crippen LogP contribution >= 0.6 is 22.9 Å². The summed E-state index contributed by atoms with van der Waals surface area (Å²) in [6.45, 7) is 3.61. The van der Waals surface area contributed by atoms with Crippen molar-refractivity contribution in [1.29, 1.82) is 0 Å². The van der Waals surface area contributed by atoms with Gasteiger partial charge in [-0.05, 0) is 12.0 Å². The second-order valence-corrected chi connectivity index (χ2v) is 6.60. The third-order valence-electron chi connectivity index (χ3n) is 3.12. The molecule has 0 fully saturated rings. The molecule has 0 aliphatic carbocycles. The molecule has 1 aliphatic rings. The third-order valence-corrected chi connectivity index (χ3v) is 4.20. The van der Waals surface area contributed by atoms with Gasteiger partial charge in [0.25, 0.3) is 0 Å². The van der Waals surface area contributed by atoms with Crippen LogP contribution in [0, 0.1) is 0 Å². The van der Waals surface area contributed by atoms with Crippen molar-refractivity contribution in [1.82, 2.24) is 9.88 Å². The highest BCUT2D eigenvalue weighted by atomic mass is 35.5. The quantitative estimate of drug-likeness (QED) is 0.629. The number of aromatic nitrogens is 1. The van der Waals surface area contributed by atoms with Gasteiger partial charge in [-0.2, -0.15) is 0 Å². The average molecular weight is 390 g/mol. The molecule has 10 heteroatoms. The largest absolute Gasteiger partial charge is 0.478 e. The maximum atomic E-state index is 9.55. The Bertz CT molecular complexity index is 644. The first-order chi connectivity index (χ1) is 11.8. The zero-order valence-electron chi connectivity index (χ0n) is 13.6. The number of nitrogens with zero attached hydrogens (tertiary/aromatic N) is 2. The van der Waals surface area contributed by atoms with Gasteiger partial charge in [-0.25, -0.2) is 14.6 Å². The molecule has 25 heavy (non-hydrogen) atoms. The zero-order chi connectivity index (χ0) is 18.8. The van der Waals surface area contributed by atoms with E-state index in [-0.39, 0.29) is 0 Å². The fraction of sp³-hybridized carbons (Fsp3) is 0.400. The Labute approximate surface area is 154 Å². The molecule has 1 aliphatic heterocycles. The van der Waals surface area contributed by atoms with E-state index in [1.165, 1.54) is 16.9 Å². The number of aliphatic carboxylic acids is 2. The van der Waals surface area contributed by atoms with Gasteiger partial charge in [-0.3, -0.25) is 4.90 Å². The van der Waals surface area contributed by atoms with Crippen molar-refractivity contribution in [3.05, 3.63) is 28.3 Å². The summed E-state index contributed by atoms with van der Waals surface area (Å²) in [5.41, 5.74) is 7.68. The minimum Gasteiger partial charge on any atom is -0.478 e. The number of halogens is 1. The van der Waals surface area contributed by atoms with E-state index in [2.05, 4.69) is 16.0 Å². The fourth-order valence-electron chi connectivity index (χ4n) is 2.05. The summed E-state index contributed by atoms with van der Waals surface area (Å²) in [6.07, 6.45) is 4.33. The highest BCUT2D eigenvalue weighted by molar-refractivity contribution is 7.19. The molecule has 2 rings (SSSR count). The van der Waals surface area contributed by atoms with Gasteiger partial charge in [0.15, 0.2) is 5.13 Å². The monoisotopic (exact) mass is 389 g/mol. The molecule has 0 unspecified atom stereocenters. The SMILES string of the molecule is COCCN1CCC=C(c2nc(N)sc2Cl)C1.O=C(O)C=CC(=O)O. The van der Waals surface area contributed by atoms with Crippen LogP contribution in [0.2, 0.25) is 4.34 Å². The van der Waals surface area contributed by atoms with Gasteiger partial charge in [0.1, 0.15) is 4.34 Å². The number of carbonyl (C=O) groups is 2. The topological polar surface area (TPSA) is 126 Å². The van der Waals surface area contributed by atoms with E-state index >= 15 is 0 Å². The fourth-order valence-corrected chi connectivity index (χ4v) is 3.04. The first-order valence-corrected chi connectivity index (χ1v) is 8.49. The Morgan fingerprint density at radius 2 is 2.08 bits per heavy atom. The first kappa shape index (κ1) is 21.1. The van der Waals surface area contributed by atoms with Gasteiger partial charge in [-0.15, -0.1) is 0 Å². The summed E-state index contributed by atoms with van der Waals surface area (Å²) in [7, 11) is 1.72.